The first-order valence-electron chi connectivity index (χ1n) is 8.97. The number of hydrogen-bond acceptors (Lipinski definition) is 4. The van der Waals surface area contributed by atoms with Crippen molar-refractivity contribution < 1.29 is 0 Å². The van der Waals surface area contributed by atoms with Gasteiger partial charge in [-0.15, -0.1) is 0 Å². The van der Waals surface area contributed by atoms with E-state index in [0.29, 0.717) is 11.2 Å². The summed E-state index contributed by atoms with van der Waals surface area (Å²) in [6.07, 6.45) is 7.39. The van der Waals surface area contributed by atoms with Crippen LogP contribution in [0.1, 0.15) is 70.5 Å². The Kier molecular flexibility index (Phi) is 4.62. The molecule has 7 heteroatoms. The smallest absolute Gasteiger partial charge is 0.327 e. The molecule has 1 aliphatic rings. The van der Waals surface area contributed by atoms with Crippen molar-refractivity contribution in [3.05, 3.63) is 26.7 Å². The van der Waals surface area contributed by atoms with Crippen LogP contribution in [0, 0.1) is 5.41 Å². The van der Waals surface area contributed by atoms with Crippen LogP contribution in [0.5, 0.6) is 0 Å². The first kappa shape index (κ1) is 17.0. The first-order valence-corrected chi connectivity index (χ1v) is 8.97. The fourth-order valence-electron chi connectivity index (χ4n) is 4.50. The number of aromatic nitrogens is 4. The average molecular weight is 333 g/mol. The topological polar surface area (TPSA) is 120 Å². The molecule has 24 heavy (non-hydrogen) atoms. The van der Waals surface area contributed by atoms with Gasteiger partial charge in [-0.2, -0.15) is 0 Å². The number of imidazole rings is 1. The minimum Gasteiger partial charge on any atom is -0.336 e. The third-order valence-corrected chi connectivity index (χ3v) is 5.56. The molecular weight excluding hydrogens is 306 g/mol. The summed E-state index contributed by atoms with van der Waals surface area (Å²) in [5.74, 6) is 1.04. The molecule has 2 aromatic rings. The number of hydrogen-bond donors (Lipinski definition) is 4. The monoisotopic (exact) mass is 333 g/mol. The molecule has 2 aromatic heterocycles. The molecule has 0 spiro atoms. The Morgan fingerprint density at radius 1 is 1.12 bits per heavy atom. The Bertz CT molecular complexity index is 812. The molecule has 0 saturated heterocycles. The van der Waals surface area contributed by atoms with Gasteiger partial charge in [-0.05, 0) is 37.5 Å². The van der Waals surface area contributed by atoms with Gasteiger partial charge in [-0.3, -0.25) is 14.8 Å². The van der Waals surface area contributed by atoms with Crippen molar-refractivity contribution >= 4 is 11.2 Å². The fourth-order valence-corrected chi connectivity index (χ4v) is 4.50. The van der Waals surface area contributed by atoms with Crippen molar-refractivity contribution in [2.45, 2.75) is 70.8 Å². The van der Waals surface area contributed by atoms with Crippen molar-refractivity contribution in [3.63, 3.8) is 0 Å². The molecule has 0 aromatic carbocycles. The Morgan fingerprint density at radius 3 is 2.50 bits per heavy atom. The second kappa shape index (κ2) is 6.55. The van der Waals surface area contributed by atoms with Crippen LogP contribution in [0.15, 0.2) is 9.59 Å². The summed E-state index contributed by atoms with van der Waals surface area (Å²) < 4.78 is 0. The summed E-state index contributed by atoms with van der Waals surface area (Å²) in [6.45, 7) is 4.42. The molecule has 0 bridgehead atoms. The summed E-state index contributed by atoms with van der Waals surface area (Å²) in [4.78, 5) is 35.8. The highest BCUT2D eigenvalue weighted by molar-refractivity contribution is 5.68. The molecular formula is C17H27N5O2. The standard InChI is InChI=1S/C17H27N5O2/c1-3-7-17(8-4-2)9-10(5-6-11(17)18)13-19-12-14(20-13)21-16(24)22-15(12)23/h10-11H,3-9,18H2,1-2H3,(H3,19,20,21,22,23,24). The second-order valence-corrected chi connectivity index (χ2v) is 7.20. The average Bonchev–Trinajstić information content (AvgIpc) is 2.95. The lowest BCUT2D eigenvalue weighted by Crippen LogP contribution is -2.46. The van der Waals surface area contributed by atoms with Gasteiger partial charge in [0.05, 0.1) is 0 Å². The Hall–Kier alpha value is -1.89. The van der Waals surface area contributed by atoms with Crippen molar-refractivity contribution in [1.82, 2.24) is 19.9 Å². The van der Waals surface area contributed by atoms with Crippen LogP contribution < -0.4 is 17.0 Å². The van der Waals surface area contributed by atoms with Gasteiger partial charge in [-0.25, -0.2) is 9.78 Å². The van der Waals surface area contributed by atoms with E-state index in [1.807, 2.05) is 0 Å². The Balaban J connectivity index is 1.96. The van der Waals surface area contributed by atoms with E-state index < -0.39 is 11.2 Å². The number of aromatic amines is 3. The number of H-pyrrole nitrogens is 3. The summed E-state index contributed by atoms with van der Waals surface area (Å²) in [5, 5.41) is 0. The van der Waals surface area contributed by atoms with Crippen molar-refractivity contribution in [2.75, 3.05) is 0 Å². The van der Waals surface area contributed by atoms with Crippen LogP contribution in [-0.4, -0.2) is 26.0 Å². The molecule has 3 rings (SSSR count). The normalized spacial score (nSPS) is 23.6. The minimum absolute atomic E-state index is 0.144. The zero-order valence-electron chi connectivity index (χ0n) is 14.4. The predicted molar refractivity (Wildman–Crippen MR) is 94.2 cm³/mol. The minimum atomic E-state index is -0.525. The number of nitrogens with two attached hydrogens (primary N) is 1. The maximum Gasteiger partial charge on any atom is 0.327 e. The van der Waals surface area contributed by atoms with E-state index in [-0.39, 0.29) is 17.4 Å². The molecule has 2 atom stereocenters. The fraction of sp³-hybridized carbons (Fsp3) is 0.706. The molecule has 1 fully saturated rings. The van der Waals surface area contributed by atoms with Crippen molar-refractivity contribution in [1.29, 1.82) is 0 Å². The lowest BCUT2D eigenvalue weighted by molar-refractivity contribution is 0.105. The van der Waals surface area contributed by atoms with Gasteiger partial charge in [-0.1, -0.05) is 26.7 Å². The predicted octanol–water partition coefficient (Wildman–Crippen LogP) is 2.12. The maximum absolute atomic E-state index is 11.9. The van der Waals surface area contributed by atoms with Crippen molar-refractivity contribution in [2.24, 2.45) is 11.1 Å². The summed E-state index contributed by atoms with van der Waals surface area (Å²) in [6, 6.07) is 0.223. The van der Waals surface area contributed by atoms with Crippen LogP contribution in [0.4, 0.5) is 0 Å². The third-order valence-electron chi connectivity index (χ3n) is 5.56. The molecule has 1 saturated carbocycles. The largest absolute Gasteiger partial charge is 0.336 e. The van der Waals surface area contributed by atoms with Gasteiger partial charge in [0, 0.05) is 12.0 Å². The van der Waals surface area contributed by atoms with Gasteiger partial charge in [0.1, 0.15) is 11.3 Å². The van der Waals surface area contributed by atoms with E-state index in [1.165, 1.54) is 0 Å². The zero-order chi connectivity index (χ0) is 17.3. The highest BCUT2D eigenvalue weighted by Crippen LogP contribution is 2.48. The Labute approximate surface area is 140 Å². The van der Waals surface area contributed by atoms with Crippen LogP contribution in [0.2, 0.25) is 0 Å². The van der Waals surface area contributed by atoms with E-state index in [4.69, 9.17) is 5.73 Å². The molecule has 132 valence electrons. The van der Waals surface area contributed by atoms with Gasteiger partial charge < -0.3 is 10.7 Å². The molecule has 2 heterocycles. The third kappa shape index (κ3) is 2.92. The molecule has 5 N–H and O–H groups in total. The van der Waals surface area contributed by atoms with Crippen LogP contribution in [0.25, 0.3) is 11.2 Å². The van der Waals surface area contributed by atoms with E-state index in [1.54, 1.807) is 0 Å². The van der Waals surface area contributed by atoms with Gasteiger partial charge in [0.2, 0.25) is 0 Å². The maximum atomic E-state index is 11.9. The van der Waals surface area contributed by atoms with E-state index >= 15 is 0 Å². The lowest BCUT2D eigenvalue weighted by Gasteiger charge is -2.45. The Morgan fingerprint density at radius 2 is 1.83 bits per heavy atom. The van der Waals surface area contributed by atoms with Gasteiger partial charge in [0.25, 0.3) is 5.56 Å². The molecule has 0 radical (unpaired) electrons. The lowest BCUT2D eigenvalue weighted by atomic mass is 9.62. The summed E-state index contributed by atoms with van der Waals surface area (Å²) in [7, 11) is 0. The zero-order valence-corrected chi connectivity index (χ0v) is 14.4. The first-order chi connectivity index (χ1) is 11.5. The van der Waals surface area contributed by atoms with Crippen LogP contribution in [0.3, 0.4) is 0 Å². The van der Waals surface area contributed by atoms with Crippen molar-refractivity contribution in [3.8, 4) is 0 Å². The summed E-state index contributed by atoms with van der Waals surface area (Å²) in [5.41, 5.74) is 6.39. The van der Waals surface area contributed by atoms with E-state index in [2.05, 4.69) is 33.8 Å². The molecule has 7 nitrogen and oxygen atoms in total. The SMILES string of the molecule is CCCC1(CCC)CC(c2nc3[nH]c(=O)[nH]c(=O)c3[nH]2)CCC1N. The highest BCUT2D eigenvalue weighted by Gasteiger charge is 2.42. The number of nitrogens with one attached hydrogen (secondary N) is 3. The molecule has 2 unspecified atom stereocenters. The second-order valence-electron chi connectivity index (χ2n) is 7.20. The quantitative estimate of drug-likeness (QED) is 0.669. The molecule has 0 aliphatic heterocycles. The van der Waals surface area contributed by atoms with Crippen LogP contribution >= 0.6 is 0 Å². The highest BCUT2D eigenvalue weighted by atomic mass is 16.2. The summed E-state index contributed by atoms with van der Waals surface area (Å²) >= 11 is 0. The van der Waals surface area contributed by atoms with Gasteiger partial charge >= 0.3 is 5.69 Å². The number of fused-ring (bicyclic) bond motifs is 1. The van der Waals surface area contributed by atoms with E-state index in [0.717, 1.165) is 50.8 Å². The van der Waals surface area contributed by atoms with Gasteiger partial charge in [0.15, 0.2) is 5.65 Å². The molecule has 1 aliphatic carbocycles. The molecule has 0 amide bonds. The van der Waals surface area contributed by atoms with E-state index in [9.17, 15) is 9.59 Å². The number of nitrogens with zero attached hydrogens (tertiary/aromatic N) is 1. The number of rotatable bonds is 5. The van der Waals surface area contributed by atoms with Crippen LogP contribution in [-0.2, 0) is 0 Å².